The molecule has 3 aromatic carbocycles. The summed E-state index contributed by atoms with van der Waals surface area (Å²) in [4.78, 5) is 0. The predicted molar refractivity (Wildman–Crippen MR) is 75.8 cm³/mol. The van der Waals surface area contributed by atoms with Crippen molar-refractivity contribution in [2.24, 2.45) is 0 Å². The molecule has 0 atom stereocenters. The minimum absolute atomic E-state index is 0.00431. The maximum Gasteiger partial charge on any atom is 0.417 e. The van der Waals surface area contributed by atoms with Gasteiger partial charge in [-0.2, -0.15) is 13.2 Å². The molecule has 0 aliphatic rings. The first-order valence-corrected chi connectivity index (χ1v) is 6.70. The molecular formula is C17H10F6. The van der Waals surface area contributed by atoms with Crippen LogP contribution in [0.2, 0.25) is 0 Å². The third-order valence-corrected chi connectivity index (χ3v) is 3.88. The van der Waals surface area contributed by atoms with Gasteiger partial charge in [0.05, 0.1) is 5.56 Å². The molecule has 0 unspecified atom stereocenters. The second kappa shape index (κ2) is 4.88. The summed E-state index contributed by atoms with van der Waals surface area (Å²) in [7, 11) is 0. The van der Waals surface area contributed by atoms with Gasteiger partial charge in [0, 0.05) is 10.8 Å². The van der Waals surface area contributed by atoms with Crippen molar-refractivity contribution in [2.75, 3.05) is 0 Å². The summed E-state index contributed by atoms with van der Waals surface area (Å²) in [5.41, 5.74) is -1.60. The Morgan fingerprint density at radius 3 is 1.91 bits per heavy atom. The average Bonchev–Trinajstić information content (AvgIpc) is 2.46. The minimum Gasteiger partial charge on any atom is -0.206 e. The Morgan fingerprint density at radius 1 is 0.696 bits per heavy atom. The minimum atomic E-state index is -5.03. The number of benzene rings is 3. The molecule has 3 rings (SSSR count). The van der Waals surface area contributed by atoms with Crippen LogP contribution in [0.1, 0.15) is 16.7 Å². The number of rotatable bonds is 0. The summed E-state index contributed by atoms with van der Waals surface area (Å²) >= 11 is 0. The van der Waals surface area contributed by atoms with E-state index in [2.05, 4.69) is 0 Å². The zero-order valence-corrected chi connectivity index (χ0v) is 12.1. The van der Waals surface area contributed by atoms with E-state index in [1.165, 1.54) is 32.0 Å². The number of alkyl halides is 3. The largest absolute Gasteiger partial charge is 0.417 e. The van der Waals surface area contributed by atoms with E-state index in [4.69, 9.17) is 0 Å². The molecule has 0 radical (unpaired) electrons. The highest BCUT2D eigenvalue weighted by atomic mass is 19.4. The fraction of sp³-hybridized carbons (Fsp3) is 0.176. The van der Waals surface area contributed by atoms with E-state index in [1.54, 1.807) is 0 Å². The summed E-state index contributed by atoms with van der Waals surface area (Å²) in [6.07, 6.45) is -5.03. The third-order valence-electron chi connectivity index (χ3n) is 3.88. The maximum atomic E-state index is 14.3. The molecule has 0 bridgehead atoms. The molecule has 0 amide bonds. The van der Waals surface area contributed by atoms with Gasteiger partial charge >= 0.3 is 6.18 Å². The van der Waals surface area contributed by atoms with Crippen molar-refractivity contribution in [1.29, 1.82) is 0 Å². The van der Waals surface area contributed by atoms with Crippen LogP contribution in [0, 0.1) is 31.3 Å². The number of hydrogen-bond acceptors (Lipinski definition) is 0. The Balaban J connectivity index is 2.71. The van der Waals surface area contributed by atoms with Crippen LogP contribution in [0.4, 0.5) is 26.3 Å². The number of aryl methyl sites for hydroxylation is 2. The van der Waals surface area contributed by atoms with E-state index in [-0.39, 0.29) is 21.9 Å². The van der Waals surface area contributed by atoms with Gasteiger partial charge in [0.25, 0.3) is 0 Å². The first-order valence-electron chi connectivity index (χ1n) is 6.70. The van der Waals surface area contributed by atoms with Gasteiger partial charge in [0.2, 0.25) is 0 Å². The SMILES string of the molecule is Cc1cc2cc3ccc(C)c(F)c3c(C(F)(F)F)c2c(F)c1F. The van der Waals surface area contributed by atoms with E-state index < -0.39 is 40.0 Å². The van der Waals surface area contributed by atoms with Crippen molar-refractivity contribution < 1.29 is 26.3 Å². The number of fused-ring (bicyclic) bond motifs is 2. The highest BCUT2D eigenvalue weighted by Gasteiger charge is 2.38. The van der Waals surface area contributed by atoms with Crippen molar-refractivity contribution in [3.05, 3.63) is 58.4 Å². The summed E-state index contributed by atoms with van der Waals surface area (Å²) < 4.78 is 82.8. The van der Waals surface area contributed by atoms with E-state index in [9.17, 15) is 26.3 Å². The highest BCUT2D eigenvalue weighted by molar-refractivity contribution is 6.03. The van der Waals surface area contributed by atoms with Crippen LogP contribution in [0.15, 0.2) is 24.3 Å². The van der Waals surface area contributed by atoms with Crippen molar-refractivity contribution >= 4 is 21.5 Å². The van der Waals surface area contributed by atoms with E-state index in [1.807, 2.05) is 0 Å². The Morgan fingerprint density at radius 2 is 1.30 bits per heavy atom. The fourth-order valence-corrected chi connectivity index (χ4v) is 2.79. The average molecular weight is 328 g/mol. The third kappa shape index (κ3) is 2.24. The lowest BCUT2D eigenvalue weighted by Gasteiger charge is -2.17. The fourth-order valence-electron chi connectivity index (χ4n) is 2.79. The van der Waals surface area contributed by atoms with Crippen LogP contribution in [-0.4, -0.2) is 0 Å². The lowest BCUT2D eigenvalue weighted by Crippen LogP contribution is -2.10. The Kier molecular flexibility index (Phi) is 3.32. The smallest absolute Gasteiger partial charge is 0.206 e. The monoisotopic (exact) mass is 328 g/mol. The predicted octanol–water partition coefficient (Wildman–Crippen LogP) is 6.05. The van der Waals surface area contributed by atoms with Crippen LogP contribution >= 0.6 is 0 Å². The molecule has 0 aliphatic heterocycles. The molecule has 0 saturated heterocycles. The van der Waals surface area contributed by atoms with Gasteiger partial charge < -0.3 is 0 Å². The summed E-state index contributed by atoms with van der Waals surface area (Å²) in [6, 6.07) is 5.04. The van der Waals surface area contributed by atoms with Crippen molar-refractivity contribution in [3.8, 4) is 0 Å². The Bertz CT molecular complexity index is 953. The van der Waals surface area contributed by atoms with Gasteiger partial charge in [-0.1, -0.05) is 12.1 Å². The lowest BCUT2D eigenvalue weighted by atomic mass is 9.93. The molecule has 0 aromatic heterocycles. The molecule has 0 fully saturated rings. The van der Waals surface area contributed by atoms with E-state index >= 15 is 0 Å². The van der Waals surface area contributed by atoms with Crippen molar-refractivity contribution in [1.82, 2.24) is 0 Å². The van der Waals surface area contributed by atoms with Gasteiger partial charge in [0.1, 0.15) is 5.82 Å². The zero-order chi connectivity index (χ0) is 17.1. The topological polar surface area (TPSA) is 0 Å². The molecule has 3 aromatic rings. The van der Waals surface area contributed by atoms with Crippen LogP contribution in [0.25, 0.3) is 21.5 Å². The van der Waals surface area contributed by atoms with E-state index in [0.717, 1.165) is 6.07 Å². The molecule has 0 spiro atoms. The van der Waals surface area contributed by atoms with Crippen LogP contribution in [0.5, 0.6) is 0 Å². The summed E-state index contributed by atoms with van der Waals surface area (Å²) in [6.45, 7) is 2.57. The second-order valence-corrected chi connectivity index (χ2v) is 5.46. The molecule has 0 heterocycles. The van der Waals surface area contributed by atoms with Crippen molar-refractivity contribution in [3.63, 3.8) is 0 Å². The van der Waals surface area contributed by atoms with Crippen LogP contribution < -0.4 is 0 Å². The molecule has 23 heavy (non-hydrogen) atoms. The molecule has 0 saturated carbocycles. The van der Waals surface area contributed by atoms with Gasteiger partial charge in [0.15, 0.2) is 11.6 Å². The van der Waals surface area contributed by atoms with Crippen molar-refractivity contribution in [2.45, 2.75) is 20.0 Å². The van der Waals surface area contributed by atoms with E-state index in [0.29, 0.717) is 0 Å². The van der Waals surface area contributed by atoms with Gasteiger partial charge in [-0.15, -0.1) is 0 Å². The first kappa shape index (κ1) is 15.6. The molecule has 0 nitrogen and oxygen atoms in total. The molecular weight excluding hydrogens is 318 g/mol. The van der Waals surface area contributed by atoms with Crippen LogP contribution in [0.3, 0.4) is 0 Å². The summed E-state index contributed by atoms with van der Waals surface area (Å²) in [5, 5.41) is -1.83. The quantitative estimate of drug-likeness (QED) is 0.348. The Hall–Kier alpha value is -2.24. The maximum absolute atomic E-state index is 14.3. The first-order chi connectivity index (χ1) is 10.6. The summed E-state index contributed by atoms with van der Waals surface area (Å²) in [5.74, 6) is -4.07. The molecule has 6 heteroatoms. The zero-order valence-electron chi connectivity index (χ0n) is 12.1. The van der Waals surface area contributed by atoms with Crippen LogP contribution in [-0.2, 0) is 6.18 Å². The molecule has 0 aliphatic carbocycles. The highest BCUT2D eigenvalue weighted by Crippen LogP contribution is 2.43. The normalized spacial score (nSPS) is 12.3. The molecule has 120 valence electrons. The number of halogens is 6. The standard InChI is InChI=1S/C17H10F6/c1-7-3-4-9-6-10-5-8(2)15(19)16(20)12(10)13(17(21,22)23)11(9)14(7)18/h3-6H,1-2H3. The van der Waals surface area contributed by atoms with Gasteiger partial charge in [-0.05, 0) is 47.9 Å². The Labute approximate surface area is 127 Å². The number of hydrogen-bond donors (Lipinski definition) is 0. The van der Waals surface area contributed by atoms with Gasteiger partial charge in [-0.25, -0.2) is 13.2 Å². The second-order valence-electron chi connectivity index (χ2n) is 5.46. The molecule has 0 N–H and O–H groups in total. The lowest BCUT2D eigenvalue weighted by molar-refractivity contribution is -0.135. The van der Waals surface area contributed by atoms with Gasteiger partial charge in [-0.3, -0.25) is 0 Å².